The van der Waals surface area contributed by atoms with E-state index in [0.717, 1.165) is 13.0 Å². The lowest BCUT2D eigenvalue weighted by molar-refractivity contribution is 0.163. The maximum Gasteiger partial charge on any atom is 0.255 e. The van der Waals surface area contributed by atoms with Gasteiger partial charge in [-0.05, 0) is 12.7 Å². The van der Waals surface area contributed by atoms with Crippen LogP contribution in [0, 0.1) is 0 Å². The van der Waals surface area contributed by atoms with Crippen LogP contribution in [-0.4, -0.2) is 35.7 Å². The largest absolute Gasteiger partial charge is 0.370 e. The molecule has 0 radical (unpaired) electrons. The van der Waals surface area contributed by atoms with E-state index in [1.165, 1.54) is 11.8 Å². The summed E-state index contributed by atoms with van der Waals surface area (Å²) in [5.41, 5.74) is 0. The molecule has 0 saturated carbocycles. The SMILES string of the molecule is CCCNc1cc(NCC(F)F)nc(SC)n1. The third kappa shape index (κ3) is 5.16. The van der Waals surface area contributed by atoms with Gasteiger partial charge in [0, 0.05) is 12.6 Å². The van der Waals surface area contributed by atoms with E-state index in [1.54, 1.807) is 6.07 Å². The summed E-state index contributed by atoms with van der Waals surface area (Å²) in [6, 6.07) is 1.64. The van der Waals surface area contributed by atoms with Gasteiger partial charge in [0.15, 0.2) is 5.16 Å². The topological polar surface area (TPSA) is 49.8 Å². The van der Waals surface area contributed by atoms with E-state index in [0.29, 0.717) is 16.8 Å². The molecule has 96 valence electrons. The number of anilines is 2. The summed E-state index contributed by atoms with van der Waals surface area (Å²) >= 11 is 1.38. The molecule has 0 fully saturated rings. The molecule has 0 spiro atoms. The van der Waals surface area contributed by atoms with Crippen LogP contribution in [-0.2, 0) is 0 Å². The molecule has 1 rings (SSSR count). The predicted octanol–water partition coefficient (Wildman–Crippen LogP) is 2.70. The zero-order chi connectivity index (χ0) is 12.7. The number of nitrogens with one attached hydrogen (secondary N) is 2. The van der Waals surface area contributed by atoms with E-state index in [4.69, 9.17) is 0 Å². The summed E-state index contributed by atoms with van der Waals surface area (Å²) in [5, 5.41) is 6.24. The Hall–Kier alpha value is -1.11. The number of rotatable bonds is 7. The molecular formula is C10H16F2N4S. The highest BCUT2D eigenvalue weighted by Gasteiger charge is 2.06. The van der Waals surface area contributed by atoms with Gasteiger partial charge in [0.05, 0.1) is 6.54 Å². The zero-order valence-corrected chi connectivity index (χ0v) is 10.7. The summed E-state index contributed by atoms with van der Waals surface area (Å²) < 4.78 is 24.2. The van der Waals surface area contributed by atoms with Crippen LogP contribution >= 0.6 is 11.8 Å². The molecule has 1 heterocycles. The molecule has 0 amide bonds. The van der Waals surface area contributed by atoms with E-state index in [9.17, 15) is 8.78 Å². The molecule has 0 saturated heterocycles. The Balaban J connectivity index is 2.73. The van der Waals surface area contributed by atoms with Crippen LogP contribution in [0.15, 0.2) is 11.2 Å². The summed E-state index contributed by atoms with van der Waals surface area (Å²) in [4.78, 5) is 8.33. The molecule has 0 aromatic carbocycles. The third-order valence-electron chi connectivity index (χ3n) is 1.88. The smallest absolute Gasteiger partial charge is 0.255 e. The Kier molecular flexibility index (Phi) is 5.96. The van der Waals surface area contributed by atoms with Gasteiger partial charge in [-0.25, -0.2) is 18.7 Å². The second-order valence-corrected chi connectivity index (χ2v) is 4.10. The first kappa shape index (κ1) is 14.0. The van der Waals surface area contributed by atoms with E-state index in [2.05, 4.69) is 20.6 Å². The number of hydrogen-bond donors (Lipinski definition) is 2. The van der Waals surface area contributed by atoms with Crippen molar-refractivity contribution in [2.75, 3.05) is 30.0 Å². The third-order valence-corrected chi connectivity index (χ3v) is 2.43. The average Bonchev–Trinajstić information content (AvgIpc) is 2.33. The zero-order valence-electron chi connectivity index (χ0n) is 9.83. The Morgan fingerprint density at radius 1 is 1.29 bits per heavy atom. The highest BCUT2D eigenvalue weighted by Crippen LogP contribution is 2.17. The lowest BCUT2D eigenvalue weighted by Gasteiger charge is -2.09. The Morgan fingerprint density at radius 3 is 2.47 bits per heavy atom. The van der Waals surface area contributed by atoms with Crippen molar-refractivity contribution in [3.8, 4) is 0 Å². The van der Waals surface area contributed by atoms with Crippen LogP contribution in [0.1, 0.15) is 13.3 Å². The molecule has 1 aromatic heterocycles. The molecule has 0 aliphatic carbocycles. The Morgan fingerprint density at radius 2 is 1.94 bits per heavy atom. The highest BCUT2D eigenvalue weighted by molar-refractivity contribution is 7.98. The van der Waals surface area contributed by atoms with Crippen molar-refractivity contribution in [3.63, 3.8) is 0 Å². The average molecular weight is 262 g/mol. The Labute approximate surface area is 104 Å². The standard InChI is InChI=1S/C10H16F2N4S/c1-3-4-13-8-5-9(14-6-7(11)12)16-10(15-8)17-2/h5,7H,3-4,6H2,1-2H3,(H2,13,14,15,16). The second-order valence-electron chi connectivity index (χ2n) is 3.32. The molecule has 4 nitrogen and oxygen atoms in total. The van der Waals surface area contributed by atoms with Gasteiger partial charge < -0.3 is 10.6 Å². The van der Waals surface area contributed by atoms with Crippen LogP contribution in [0.2, 0.25) is 0 Å². The molecule has 0 bridgehead atoms. The van der Waals surface area contributed by atoms with Crippen molar-refractivity contribution in [1.82, 2.24) is 9.97 Å². The second kappa shape index (κ2) is 7.26. The summed E-state index contributed by atoms with van der Waals surface area (Å²) in [6.07, 6.45) is 0.420. The summed E-state index contributed by atoms with van der Waals surface area (Å²) in [6.45, 7) is 2.43. The lowest BCUT2D eigenvalue weighted by Crippen LogP contribution is -2.12. The van der Waals surface area contributed by atoms with Crippen LogP contribution in [0.25, 0.3) is 0 Å². The molecule has 7 heteroatoms. The first-order chi connectivity index (χ1) is 8.15. The van der Waals surface area contributed by atoms with Crippen LogP contribution < -0.4 is 10.6 Å². The van der Waals surface area contributed by atoms with Gasteiger partial charge in [0.25, 0.3) is 6.43 Å². The van der Waals surface area contributed by atoms with Gasteiger partial charge in [0.1, 0.15) is 11.6 Å². The van der Waals surface area contributed by atoms with Crippen molar-refractivity contribution < 1.29 is 8.78 Å². The van der Waals surface area contributed by atoms with E-state index in [1.807, 2.05) is 13.2 Å². The van der Waals surface area contributed by atoms with Crippen molar-refractivity contribution in [1.29, 1.82) is 0 Å². The first-order valence-corrected chi connectivity index (χ1v) is 6.57. The van der Waals surface area contributed by atoms with Crippen LogP contribution in [0.3, 0.4) is 0 Å². The number of aromatic nitrogens is 2. The number of alkyl halides is 2. The Bertz CT molecular complexity index is 349. The van der Waals surface area contributed by atoms with Gasteiger partial charge in [-0.1, -0.05) is 18.7 Å². The van der Waals surface area contributed by atoms with Gasteiger partial charge in [0.2, 0.25) is 0 Å². The van der Waals surface area contributed by atoms with Crippen molar-refractivity contribution >= 4 is 23.4 Å². The minimum Gasteiger partial charge on any atom is -0.370 e. The first-order valence-electron chi connectivity index (χ1n) is 5.34. The quantitative estimate of drug-likeness (QED) is 0.584. The number of halogens is 2. The van der Waals surface area contributed by atoms with Gasteiger partial charge in [-0.2, -0.15) is 0 Å². The monoisotopic (exact) mass is 262 g/mol. The molecule has 2 N–H and O–H groups in total. The van der Waals surface area contributed by atoms with E-state index >= 15 is 0 Å². The maximum absolute atomic E-state index is 12.1. The van der Waals surface area contributed by atoms with Crippen LogP contribution in [0.4, 0.5) is 20.4 Å². The predicted molar refractivity (Wildman–Crippen MR) is 67.1 cm³/mol. The fourth-order valence-electron chi connectivity index (χ4n) is 1.13. The minimum atomic E-state index is -2.39. The molecule has 0 unspecified atom stereocenters. The number of nitrogens with zero attached hydrogens (tertiary/aromatic N) is 2. The normalized spacial score (nSPS) is 10.6. The molecule has 0 aliphatic heterocycles. The number of thioether (sulfide) groups is 1. The maximum atomic E-state index is 12.1. The van der Waals surface area contributed by atoms with E-state index < -0.39 is 13.0 Å². The molecule has 0 aliphatic rings. The van der Waals surface area contributed by atoms with Gasteiger partial charge >= 0.3 is 0 Å². The van der Waals surface area contributed by atoms with E-state index in [-0.39, 0.29) is 0 Å². The summed E-state index contributed by atoms with van der Waals surface area (Å²) in [7, 11) is 0. The van der Waals surface area contributed by atoms with Gasteiger partial charge in [-0.3, -0.25) is 0 Å². The van der Waals surface area contributed by atoms with Crippen molar-refractivity contribution in [2.45, 2.75) is 24.9 Å². The lowest BCUT2D eigenvalue weighted by atomic mass is 10.4. The van der Waals surface area contributed by atoms with Gasteiger partial charge in [-0.15, -0.1) is 0 Å². The molecule has 1 aromatic rings. The fraction of sp³-hybridized carbons (Fsp3) is 0.600. The molecule has 0 atom stereocenters. The van der Waals surface area contributed by atoms with Crippen LogP contribution in [0.5, 0.6) is 0 Å². The molecular weight excluding hydrogens is 246 g/mol. The van der Waals surface area contributed by atoms with Crippen molar-refractivity contribution in [2.24, 2.45) is 0 Å². The summed E-state index contributed by atoms with van der Waals surface area (Å²) in [5.74, 6) is 1.08. The van der Waals surface area contributed by atoms with Crippen molar-refractivity contribution in [3.05, 3.63) is 6.07 Å². The minimum absolute atomic E-state index is 0.405. The fourth-order valence-corrected chi connectivity index (χ4v) is 1.51. The number of hydrogen-bond acceptors (Lipinski definition) is 5. The highest BCUT2D eigenvalue weighted by atomic mass is 32.2. The molecule has 17 heavy (non-hydrogen) atoms.